The second-order valence-electron chi connectivity index (χ2n) is 20.5. The first-order valence-electron chi connectivity index (χ1n) is 24.3. The number of hydrogen-bond donors (Lipinski definition) is 0. The molecule has 3 nitrogen and oxygen atoms in total. The maximum atomic E-state index is 6.15. The molecule has 67 heavy (non-hydrogen) atoms. The summed E-state index contributed by atoms with van der Waals surface area (Å²) in [5.41, 5.74) is 16.6. The molecule has 10 aromatic rings. The van der Waals surface area contributed by atoms with Gasteiger partial charge in [-0.05, 0) is 94.0 Å². The van der Waals surface area contributed by atoms with E-state index in [2.05, 4.69) is 186 Å². The molecule has 0 amide bonds. The van der Waals surface area contributed by atoms with Crippen LogP contribution in [-0.2, 0) is 52.5 Å². The molecule has 0 radical (unpaired) electrons. The monoisotopic (exact) mass is 1010 g/mol. The molecule has 7 heteroatoms. The van der Waals surface area contributed by atoms with Gasteiger partial charge in [-0.2, -0.15) is 12.1 Å². The number of fused-ring (bicyclic) bond motifs is 9. The van der Waals surface area contributed by atoms with E-state index >= 15 is 0 Å². The predicted molar refractivity (Wildman–Crippen MR) is 291 cm³/mol. The molecule has 0 aliphatic heterocycles. The summed E-state index contributed by atoms with van der Waals surface area (Å²) >= 11 is -0.826. The average molecular weight is 1020 g/mol. The van der Waals surface area contributed by atoms with E-state index in [0.717, 1.165) is 25.9 Å². The normalized spacial score (nSPS) is 13.8. The number of nitrogens with zero attached hydrogens (tertiary/aromatic N) is 2. The van der Waals surface area contributed by atoms with Crippen LogP contribution >= 0.6 is 17.0 Å². The van der Waals surface area contributed by atoms with Gasteiger partial charge in [-0.3, -0.25) is 0 Å². The van der Waals surface area contributed by atoms with Crippen LogP contribution in [-0.4, -0.2) is 29.4 Å². The van der Waals surface area contributed by atoms with E-state index in [9.17, 15) is 0 Å². The zero-order valence-electron chi connectivity index (χ0n) is 40.5. The molecule has 0 spiro atoms. The molecular formula is C60H62Cl2N2OSiZr. The van der Waals surface area contributed by atoms with Gasteiger partial charge in [-0.1, -0.05) is 123 Å². The SMILES string of the molecule is Cc1cc2c(-c3ccc4c(c3)c3ccccc3n4C)cccc2[c-]1[Si](C)(CCCCCCOC(C)(C)C)[c-]1c(C)cc2c(-c3ccc4c(c3)c3ccccc3n4C)c3c(cc21)CCC3.[Cl][Zr+2][Cl]. The molecule has 0 bridgehead atoms. The fourth-order valence-corrected chi connectivity index (χ4v) is 17.7. The summed E-state index contributed by atoms with van der Waals surface area (Å²) in [6.45, 7) is 14.9. The van der Waals surface area contributed by atoms with Crippen LogP contribution in [0.4, 0.5) is 0 Å². The van der Waals surface area contributed by atoms with Crippen molar-refractivity contribution in [1.82, 2.24) is 9.13 Å². The zero-order valence-corrected chi connectivity index (χ0v) is 45.4. The summed E-state index contributed by atoms with van der Waals surface area (Å²) in [4.78, 5) is 0. The molecule has 2 heterocycles. The molecule has 1 aliphatic rings. The van der Waals surface area contributed by atoms with Gasteiger partial charge < -0.3 is 13.9 Å². The molecular weight excluding hydrogens is 955 g/mol. The van der Waals surface area contributed by atoms with E-state index in [1.807, 2.05) is 0 Å². The number of aryl methyl sites for hydroxylation is 5. The van der Waals surface area contributed by atoms with Crippen LogP contribution < -0.4 is 10.4 Å². The number of para-hydroxylation sites is 2. The van der Waals surface area contributed by atoms with E-state index in [-0.39, 0.29) is 5.60 Å². The Balaban J connectivity index is 0.00000171. The van der Waals surface area contributed by atoms with Crippen molar-refractivity contribution in [2.24, 2.45) is 14.1 Å². The summed E-state index contributed by atoms with van der Waals surface area (Å²) in [6, 6.07) is 48.4. The van der Waals surface area contributed by atoms with Crippen LogP contribution in [0.1, 0.15) is 75.1 Å². The third-order valence-corrected chi connectivity index (χ3v) is 20.1. The molecule has 8 aromatic carbocycles. The van der Waals surface area contributed by atoms with Crippen LogP contribution in [0.25, 0.3) is 87.4 Å². The standard InChI is InChI=1S/C60H62N2OSi.2ClH.Zr/c1-38-33-48-43(41-27-29-55-49(35-41)45-20-11-13-25-53(45)61(55)6)22-18-24-47(48)58(38)64(8,32-16-10-9-15-31-63-60(3,4)5)59-39(2)34-51-52(59)36-40-19-17-23-44(40)57(51)42-28-30-56-50(37-42)46-21-12-14-26-54(46)62(56)7;;;/h11-14,18,20-22,24-30,33-37H,9-10,15-17,19,23,31-32H2,1-8H3;2*1H;/q-2;;;+4/p-2. The molecule has 340 valence electrons. The fourth-order valence-electron chi connectivity index (χ4n) is 12.5. The predicted octanol–water partition coefficient (Wildman–Crippen LogP) is 16.1. The first kappa shape index (κ1) is 46.5. The molecule has 1 aliphatic carbocycles. The summed E-state index contributed by atoms with van der Waals surface area (Å²) < 4.78 is 10.8. The summed E-state index contributed by atoms with van der Waals surface area (Å²) in [5, 5.41) is 14.5. The molecule has 0 N–H and O–H groups in total. The number of ether oxygens (including phenoxy) is 1. The van der Waals surface area contributed by atoms with Crippen molar-refractivity contribution in [3.63, 3.8) is 0 Å². The summed E-state index contributed by atoms with van der Waals surface area (Å²) in [5.74, 6) is 0. The first-order valence-corrected chi connectivity index (χ1v) is 33.4. The minimum atomic E-state index is -2.39. The van der Waals surface area contributed by atoms with Gasteiger partial charge >= 0.3 is 37.9 Å². The van der Waals surface area contributed by atoms with Crippen LogP contribution in [0.5, 0.6) is 0 Å². The minimum absolute atomic E-state index is 0.0859. The van der Waals surface area contributed by atoms with Crippen molar-refractivity contribution in [2.45, 2.75) is 97.8 Å². The third kappa shape index (κ3) is 8.23. The van der Waals surface area contributed by atoms with Crippen molar-refractivity contribution in [2.75, 3.05) is 6.61 Å². The van der Waals surface area contributed by atoms with Crippen molar-refractivity contribution in [1.29, 1.82) is 0 Å². The topological polar surface area (TPSA) is 19.1 Å². The Bertz CT molecular complexity index is 3490. The molecule has 1 atom stereocenters. The fraction of sp³-hybridized carbons (Fsp3) is 0.300. The van der Waals surface area contributed by atoms with Gasteiger partial charge in [0.15, 0.2) is 0 Å². The molecule has 11 rings (SSSR count). The van der Waals surface area contributed by atoms with E-state index in [4.69, 9.17) is 21.8 Å². The van der Waals surface area contributed by atoms with Gasteiger partial charge in [-0.25, -0.2) is 0 Å². The van der Waals surface area contributed by atoms with E-state index in [1.54, 1.807) is 21.5 Å². The zero-order chi connectivity index (χ0) is 46.8. The first-order chi connectivity index (χ1) is 32.3. The van der Waals surface area contributed by atoms with E-state index in [1.165, 1.54) is 130 Å². The molecule has 0 saturated carbocycles. The van der Waals surface area contributed by atoms with Gasteiger partial charge in [-0.15, -0.1) is 61.2 Å². The number of halogens is 2. The maximum absolute atomic E-state index is 6.15. The van der Waals surface area contributed by atoms with Crippen LogP contribution in [0.3, 0.4) is 0 Å². The molecule has 0 saturated heterocycles. The Kier molecular flexibility index (Phi) is 12.9. The quantitative estimate of drug-likeness (QED) is 0.0718. The van der Waals surface area contributed by atoms with Crippen molar-refractivity contribution >= 4 is 101 Å². The number of rotatable bonds is 11. The molecule has 1 unspecified atom stereocenters. The van der Waals surface area contributed by atoms with Crippen molar-refractivity contribution in [3.8, 4) is 22.3 Å². The second kappa shape index (κ2) is 18.6. The van der Waals surface area contributed by atoms with Crippen molar-refractivity contribution < 1.29 is 25.6 Å². The Labute approximate surface area is 416 Å². The Morgan fingerprint density at radius 3 is 1.82 bits per heavy atom. The van der Waals surface area contributed by atoms with Crippen LogP contribution in [0.2, 0.25) is 12.6 Å². The second-order valence-corrected chi connectivity index (χ2v) is 28.4. The Morgan fingerprint density at radius 2 is 1.16 bits per heavy atom. The number of aromatic nitrogens is 2. The number of benzene rings is 6. The molecule has 2 aromatic heterocycles. The Hall–Kier alpha value is -4.22. The van der Waals surface area contributed by atoms with Gasteiger partial charge in [0.05, 0.1) is 5.60 Å². The molecule has 0 fully saturated rings. The number of unbranched alkanes of at least 4 members (excludes halogenated alkanes) is 3. The van der Waals surface area contributed by atoms with Gasteiger partial charge in [0.2, 0.25) is 0 Å². The van der Waals surface area contributed by atoms with Gasteiger partial charge in [0.25, 0.3) is 0 Å². The average Bonchev–Trinajstić information content (AvgIpc) is 4.13. The van der Waals surface area contributed by atoms with Crippen LogP contribution in [0.15, 0.2) is 121 Å². The van der Waals surface area contributed by atoms with E-state index < -0.39 is 28.9 Å². The number of hydrogen-bond acceptors (Lipinski definition) is 1. The van der Waals surface area contributed by atoms with Crippen LogP contribution in [0, 0.1) is 13.8 Å². The van der Waals surface area contributed by atoms with E-state index in [0.29, 0.717) is 0 Å². The van der Waals surface area contributed by atoms with Gasteiger partial charge in [0, 0.05) is 72.4 Å². The summed E-state index contributed by atoms with van der Waals surface area (Å²) in [7, 11) is 11.9. The van der Waals surface area contributed by atoms with Crippen molar-refractivity contribution in [3.05, 3.63) is 144 Å². The summed E-state index contributed by atoms with van der Waals surface area (Å²) in [6.07, 6.45) is 8.33. The van der Waals surface area contributed by atoms with Gasteiger partial charge in [0.1, 0.15) is 0 Å². The third-order valence-electron chi connectivity index (χ3n) is 15.2. The Morgan fingerprint density at radius 1 is 0.597 bits per heavy atom.